The van der Waals surface area contributed by atoms with Gasteiger partial charge in [0, 0.05) is 18.1 Å². The predicted molar refractivity (Wildman–Crippen MR) is 87.4 cm³/mol. The first-order valence-electron chi connectivity index (χ1n) is 7.52. The van der Waals surface area contributed by atoms with Crippen molar-refractivity contribution in [3.63, 3.8) is 0 Å². The van der Waals surface area contributed by atoms with Crippen LogP contribution >= 0.6 is 11.3 Å². The fourth-order valence-corrected chi connectivity index (χ4v) is 3.13. The Kier molecular flexibility index (Phi) is 5.05. The first-order valence-corrected chi connectivity index (χ1v) is 8.40. The molecule has 24 heavy (non-hydrogen) atoms. The minimum atomic E-state index is -0.550. The zero-order chi connectivity index (χ0) is 16.9. The summed E-state index contributed by atoms with van der Waals surface area (Å²) in [5, 5.41) is 4.97. The van der Waals surface area contributed by atoms with E-state index in [9.17, 15) is 14.0 Å². The van der Waals surface area contributed by atoms with E-state index in [2.05, 4.69) is 10.3 Å². The lowest BCUT2D eigenvalue weighted by molar-refractivity contribution is -0.138. The molecular formula is C16H16FN3O3S. The minimum absolute atomic E-state index is 0.0221. The van der Waals surface area contributed by atoms with Gasteiger partial charge in [-0.25, -0.2) is 9.37 Å². The fraction of sp³-hybridized carbons (Fsp3) is 0.312. The van der Waals surface area contributed by atoms with Crippen molar-refractivity contribution in [3.8, 4) is 5.75 Å². The number of likely N-dealkylation sites (tertiary alicyclic amines) is 1. The molecule has 2 aromatic rings. The predicted octanol–water partition coefficient (Wildman–Crippen LogP) is 2.29. The number of benzene rings is 1. The average Bonchev–Trinajstić information content (AvgIpc) is 3.25. The van der Waals surface area contributed by atoms with Gasteiger partial charge in [-0.15, -0.1) is 11.3 Å². The van der Waals surface area contributed by atoms with Crippen LogP contribution in [0.2, 0.25) is 0 Å². The number of amides is 2. The topological polar surface area (TPSA) is 71.5 Å². The van der Waals surface area contributed by atoms with Crippen molar-refractivity contribution in [2.24, 2.45) is 0 Å². The summed E-state index contributed by atoms with van der Waals surface area (Å²) in [6.07, 6.45) is 2.92. The van der Waals surface area contributed by atoms with E-state index in [1.165, 1.54) is 28.4 Å². The number of hydrogen-bond acceptors (Lipinski definition) is 5. The number of thiazole rings is 1. The van der Waals surface area contributed by atoms with Crippen molar-refractivity contribution in [3.05, 3.63) is 41.7 Å². The third-order valence-corrected chi connectivity index (χ3v) is 4.41. The van der Waals surface area contributed by atoms with Gasteiger partial charge < -0.3 is 15.0 Å². The number of carbonyl (C=O) groups is 2. The van der Waals surface area contributed by atoms with E-state index in [0.29, 0.717) is 18.1 Å². The number of anilines is 1. The quantitative estimate of drug-likeness (QED) is 0.899. The molecule has 0 saturated carbocycles. The summed E-state index contributed by atoms with van der Waals surface area (Å²) in [6, 6.07) is 5.34. The van der Waals surface area contributed by atoms with Crippen LogP contribution in [-0.2, 0) is 9.59 Å². The van der Waals surface area contributed by atoms with Gasteiger partial charge in [0.15, 0.2) is 23.3 Å². The highest BCUT2D eigenvalue weighted by Crippen LogP contribution is 2.21. The molecule has 1 fully saturated rings. The summed E-state index contributed by atoms with van der Waals surface area (Å²) in [4.78, 5) is 30.1. The van der Waals surface area contributed by atoms with Crippen molar-refractivity contribution in [1.29, 1.82) is 0 Å². The molecule has 2 amide bonds. The molecule has 2 heterocycles. The Morgan fingerprint density at radius 3 is 3.00 bits per heavy atom. The molecule has 1 saturated heterocycles. The second-order valence-electron chi connectivity index (χ2n) is 5.29. The second-order valence-corrected chi connectivity index (χ2v) is 6.19. The number of rotatable bonds is 5. The van der Waals surface area contributed by atoms with Gasteiger partial charge in [-0.05, 0) is 25.0 Å². The van der Waals surface area contributed by atoms with Crippen LogP contribution < -0.4 is 10.1 Å². The summed E-state index contributed by atoms with van der Waals surface area (Å²) in [5.74, 6) is -1.10. The largest absolute Gasteiger partial charge is 0.481 e. The molecular weight excluding hydrogens is 333 g/mol. The minimum Gasteiger partial charge on any atom is -0.481 e. The summed E-state index contributed by atoms with van der Waals surface area (Å²) in [7, 11) is 0. The summed E-state index contributed by atoms with van der Waals surface area (Å²) >= 11 is 1.32. The van der Waals surface area contributed by atoms with E-state index < -0.39 is 11.9 Å². The van der Waals surface area contributed by atoms with E-state index in [-0.39, 0.29) is 24.2 Å². The van der Waals surface area contributed by atoms with Gasteiger partial charge in [-0.2, -0.15) is 0 Å². The molecule has 1 aromatic carbocycles. The fourth-order valence-electron chi connectivity index (χ4n) is 2.60. The van der Waals surface area contributed by atoms with Gasteiger partial charge in [-0.3, -0.25) is 9.59 Å². The average molecular weight is 349 g/mol. The molecule has 1 aliphatic rings. The van der Waals surface area contributed by atoms with Crippen LogP contribution in [0.3, 0.4) is 0 Å². The maximum Gasteiger partial charge on any atom is 0.261 e. The number of para-hydroxylation sites is 1. The van der Waals surface area contributed by atoms with Crippen molar-refractivity contribution >= 4 is 28.3 Å². The van der Waals surface area contributed by atoms with Crippen LogP contribution in [0.25, 0.3) is 0 Å². The van der Waals surface area contributed by atoms with Crippen LogP contribution in [-0.4, -0.2) is 40.9 Å². The summed E-state index contributed by atoms with van der Waals surface area (Å²) < 4.78 is 18.8. The normalized spacial score (nSPS) is 16.9. The SMILES string of the molecule is O=C(Nc1nccs1)[C@H]1CCCN1C(=O)COc1ccccc1F. The van der Waals surface area contributed by atoms with Crippen LogP contribution in [0.4, 0.5) is 9.52 Å². The molecule has 6 nitrogen and oxygen atoms in total. The number of ether oxygens (including phenoxy) is 1. The van der Waals surface area contributed by atoms with Crippen molar-refractivity contribution < 1.29 is 18.7 Å². The van der Waals surface area contributed by atoms with Gasteiger partial charge in [0.05, 0.1) is 0 Å². The first kappa shape index (κ1) is 16.4. The van der Waals surface area contributed by atoms with Crippen molar-refractivity contribution in [1.82, 2.24) is 9.88 Å². The second kappa shape index (κ2) is 7.39. The monoisotopic (exact) mass is 349 g/mol. The smallest absolute Gasteiger partial charge is 0.261 e. The van der Waals surface area contributed by atoms with Gasteiger partial charge >= 0.3 is 0 Å². The lowest BCUT2D eigenvalue weighted by Gasteiger charge is -2.23. The molecule has 1 N–H and O–H groups in total. The number of hydrogen-bond donors (Lipinski definition) is 1. The highest BCUT2D eigenvalue weighted by Gasteiger charge is 2.34. The molecule has 0 unspecified atom stereocenters. The molecule has 126 valence electrons. The van der Waals surface area contributed by atoms with Crippen LogP contribution in [0.1, 0.15) is 12.8 Å². The van der Waals surface area contributed by atoms with E-state index in [0.717, 1.165) is 6.42 Å². The van der Waals surface area contributed by atoms with Gasteiger partial charge in [0.1, 0.15) is 6.04 Å². The van der Waals surface area contributed by atoms with Crippen LogP contribution in [0, 0.1) is 5.82 Å². The Hall–Kier alpha value is -2.48. The zero-order valence-electron chi connectivity index (χ0n) is 12.8. The molecule has 1 aliphatic heterocycles. The summed E-state index contributed by atoms with van der Waals surface area (Å²) in [6.45, 7) is 0.178. The number of carbonyl (C=O) groups excluding carboxylic acids is 2. The van der Waals surface area contributed by atoms with E-state index in [4.69, 9.17) is 4.74 Å². The number of aromatic nitrogens is 1. The molecule has 3 rings (SSSR count). The Bertz CT molecular complexity index is 723. The third-order valence-electron chi connectivity index (χ3n) is 3.73. The van der Waals surface area contributed by atoms with E-state index in [1.807, 2.05) is 0 Å². The maximum atomic E-state index is 13.5. The van der Waals surface area contributed by atoms with Crippen molar-refractivity contribution in [2.75, 3.05) is 18.5 Å². The standard InChI is InChI=1S/C16H16FN3O3S/c17-11-4-1-2-6-13(11)23-10-14(21)20-8-3-5-12(20)15(22)19-16-18-7-9-24-16/h1-2,4,6-7,9,12H,3,5,8,10H2,(H,18,19,22)/t12-/m1/s1. The molecule has 0 radical (unpaired) electrons. The van der Waals surface area contributed by atoms with E-state index >= 15 is 0 Å². The number of halogens is 1. The van der Waals surface area contributed by atoms with Crippen LogP contribution in [0.15, 0.2) is 35.8 Å². The molecule has 0 bridgehead atoms. The lowest BCUT2D eigenvalue weighted by atomic mass is 10.2. The number of nitrogens with zero attached hydrogens (tertiary/aromatic N) is 2. The Labute approximate surface area is 142 Å². The first-order chi connectivity index (χ1) is 11.6. The third kappa shape index (κ3) is 3.70. The Morgan fingerprint density at radius 1 is 1.42 bits per heavy atom. The van der Waals surface area contributed by atoms with Gasteiger partial charge in [0.25, 0.3) is 5.91 Å². The van der Waals surface area contributed by atoms with Crippen molar-refractivity contribution in [2.45, 2.75) is 18.9 Å². The Morgan fingerprint density at radius 2 is 2.25 bits per heavy atom. The highest BCUT2D eigenvalue weighted by atomic mass is 32.1. The molecule has 8 heteroatoms. The molecule has 0 aliphatic carbocycles. The van der Waals surface area contributed by atoms with Crippen LogP contribution in [0.5, 0.6) is 5.75 Å². The summed E-state index contributed by atoms with van der Waals surface area (Å²) in [5.41, 5.74) is 0. The Balaban J connectivity index is 1.59. The number of nitrogens with one attached hydrogen (secondary N) is 1. The van der Waals surface area contributed by atoms with Gasteiger partial charge in [-0.1, -0.05) is 12.1 Å². The highest BCUT2D eigenvalue weighted by molar-refractivity contribution is 7.13. The molecule has 1 atom stereocenters. The lowest BCUT2D eigenvalue weighted by Crippen LogP contribution is -2.45. The maximum absolute atomic E-state index is 13.5. The van der Waals surface area contributed by atoms with Gasteiger partial charge in [0.2, 0.25) is 5.91 Å². The molecule has 0 spiro atoms. The van der Waals surface area contributed by atoms with E-state index in [1.54, 1.807) is 23.7 Å². The zero-order valence-corrected chi connectivity index (χ0v) is 13.6. The molecule has 1 aromatic heterocycles.